The van der Waals surface area contributed by atoms with Gasteiger partial charge in [0.2, 0.25) is 6.33 Å². The number of fused-ring (bicyclic) bond motifs is 4. The Morgan fingerprint density at radius 3 is 1.88 bits per heavy atom. The summed E-state index contributed by atoms with van der Waals surface area (Å²) in [6.07, 6.45) is 4.16. The molecule has 0 unspecified atom stereocenters. The summed E-state index contributed by atoms with van der Waals surface area (Å²) >= 11 is 0. The Bertz CT molecular complexity index is 2430. The topological polar surface area (TPSA) is 35.9 Å². The molecule has 4 aromatic carbocycles. The third-order valence-corrected chi connectivity index (χ3v) is 10.0. The van der Waals surface area contributed by atoms with Crippen molar-refractivity contribution < 1.29 is 9.30 Å². The number of benzene rings is 4. The van der Waals surface area contributed by atoms with Gasteiger partial charge in [-0.25, -0.2) is 9.55 Å². The first kappa shape index (κ1) is 34.5. The van der Waals surface area contributed by atoms with Crippen molar-refractivity contribution in [3.05, 3.63) is 120 Å². The normalized spacial score (nSPS) is 13.1. The van der Waals surface area contributed by atoms with Crippen LogP contribution in [0.15, 0.2) is 104 Å². The van der Waals surface area contributed by atoms with Gasteiger partial charge in [0.15, 0.2) is 11.0 Å². The predicted molar refractivity (Wildman–Crippen MR) is 213 cm³/mol. The molecule has 0 amide bonds. The lowest BCUT2D eigenvalue weighted by Crippen LogP contribution is -2.49. The Morgan fingerprint density at radius 1 is 0.569 bits per heavy atom. The second kappa shape index (κ2) is 11.8. The summed E-state index contributed by atoms with van der Waals surface area (Å²) in [7, 11) is 0. The van der Waals surface area contributed by atoms with Crippen LogP contribution in [0.2, 0.25) is 0 Å². The third kappa shape index (κ3) is 6.22. The van der Waals surface area contributed by atoms with Gasteiger partial charge in [-0.2, -0.15) is 4.57 Å². The fourth-order valence-electron chi connectivity index (χ4n) is 7.26. The molecule has 5 heteroatoms. The Morgan fingerprint density at radius 2 is 1.22 bits per heavy atom. The highest BCUT2D eigenvalue weighted by Crippen LogP contribution is 2.44. The van der Waals surface area contributed by atoms with Gasteiger partial charge >= 0.3 is 0 Å². The molecule has 0 N–H and O–H groups in total. The van der Waals surface area contributed by atoms with Crippen molar-refractivity contribution in [3.8, 4) is 23.0 Å². The van der Waals surface area contributed by atoms with Crippen molar-refractivity contribution >= 4 is 32.8 Å². The largest absolute Gasteiger partial charge is 0.457 e. The quantitative estimate of drug-likeness (QED) is 0.174. The summed E-state index contributed by atoms with van der Waals surface area (Å²) in [5.41, 5.74) is 8.80. The maximum atomic E-state index is 7.26. The van der Waals surface area contributed by atoms with E-state index in [0.717, 1.165) is 50.7 Å². The Balaban J connectivity index is 1.48. The van der Waals surface area contributed by atoms with E-state index in [1.165, 1.54) is 21.9 Å². The van der Waals surface area contributed by atoms with Crippen LogP contribution in [0.1, 0.15) is 99.8 Å². The molecule has 0 aliphatic carbocycles. The highest BCUT2D eigenvalue weighted by atomic mass is 16.5. The zero-order valence-electron chi connectivity index (χ0n) is 32.5. The van der Waals surface area contributed by atoms with Gasteiger partial charge < -0.3 is 4.74 Å². The summed E-state index contributed by atoms with van der Waals surface area (Å²) in [5.74, 6) is 2.63. The zero-order chi connectivity index (χ0) is 36.7. The SMILES string of the molecule is CC(C)(C)c1ccnc(-n2c3ccccc3c3cc(C(C)(C)C)c(Oc4cc(-n5c[n+](C(C)(C)C)c6ccccc65)ccc4C(C)(C)C)cc32)c1. The molecule has 7 aromatic rings. The number of pyridine rings is 1. The second-order valence-electron chi connectivity index (χ2n) is 18.2. The first-order chi connectivity index (χ1) is 23.8. The van der Waals surface area contributed by atoms with Crippen LogP contribution in [0, 0.1) is 0 Å². The number of aromatic nitrogens is 4. The van der Waals surface area contributed by atoms with Gasteiger partial charge in [0.1, 0.15) is 28.5 Å². The minimum absolute atomic E-state index is 0.00427. The van der Waals surface area contributed by atoms with Crippen LogP contribution in [0.3, 0.4) is 0 Å². The number of hydrogen-bond donors (Lipinski definition) is 0. The van der Waals surface area contributed by atoms with E-state index in [2.05, 4.69) is 194 Å². The summed E-state index contributed by atoms with van der Waals surface area (Å²) in [6, 6.07) is 32.9. The molecular weight excluding hydrogens is 625 g/mol. The lowest BCUT2D eigenvalue weighted by Gasteiger charge is -2.27. The summed E-state index contributed by atoms with van der Waals surface area (Å²) in [4.78, 5) is 4.93. The van der Waals surface area contributed by atoms with Crippen molar-refractivity contribution in [1.29, 1.82) is 0 Å². The van der Waals surface area contributed by atoms with Crippen LogP contribution < -0.4 is 9.30 Å². The monoisotopic (exact) mass is 677 g/mol. The fourth-order valence-corrected chi connectivity index (χ4v) is 7.26. The van der Waals surface area contributed by atoms with E-state index in [1.54, 1.807) is 0 Å². The standard InChI is InChI=1S/C46H53N4O/c1-43(2,3)30-23-24-47-42(25-30)50-36-18-14-13-17-32(36)33-27-35(45(7,8)9)41(28-39(33)50)51-40-26-31(21-22-34(40)44(4,5)6)48-29-49(46(10,11)12)38-20-16-15-19-37(38)48/h13-29H,1-12H3/q+1. The number of ether oxygens (including phenoxy) is 1. The van der Waals surface area contributed by atoms with Crippen LogP contribution in [-0.2, 0) is 21.8 Å². The summed E-state index contributed by atoms with van der Waals surface area (Å²) < 4.78 is 14.2. The molecule has 262 valence electrons. The van der Waals surface area contributed by atoms with E-state index in [1.807, 2.05) is 6.20 Å². The van der Waals surface area contributed by atoms with Crippen molar-refractivity contribution in [2.75, 3.05) is 0 Å². The first-order valence-corrected chi connectivity index (χ1v) is 18.2. The van der Waals surface area contributed by atoms with E-state index in [9.17, 15) is 0 Å². The molecule has 3 aromatic heterocycles. The minimum Gasteiger partial charge on any atom is -0.457 e. The molecule has 51 heavy (non-hydrogen) atoms. The number of para-hydroxylation sites is 3. The summed E-state index contributed by atoms with van der Waals surface area (Å²) in [6.45, 7) is 27.1. The van der Waals surface area contributed by atoms with E-state index in [0.29, 0.717) is 0 Å². The lowest BCUT2D eigenvalue weighted by atomic mass is 9.84. The lowest BCUT2D eigenvalue weighted by molar-refractivity contribution is -0.731. The van der Waals surface area contributed by atoms with Crippen molar-refractivity contribution in [2.24, 2.45) is 0 Å². The predicted octanol–water partition coefficient (Wildman–Crippen LogP) is 11.8. The number of nitrogens with zero attached hydrogens (tertiary/aromatic N) is 4. The van der Waals surface area contributed by atoms with Gasteiger partial charge in [0.05, 0.1) is 11.0 Å². The molecule has 0 aliphatic rings. The van der Waals surface area contributed by atoms with E-state index in [-0.39, 0.29) is 21.8 Å². The third-order valence-electron chi connectivity index (χ3n) is 10.0. The van der Waals surface area contributed by atoms with Crippen LogP contribution in [0.4, 0.5) is 0 Å². The zero-order valence-corrected chi connectivity index (χ0v) is 32.5. The number of rotatable bonds is 4. The maximum Gasteiger partial charge on any atom is 0.250 e. The van der Waals surface area contributed by atoms with Gasteiger partial charge in [-0.15, -0.1) is 0 Å². The van der Waals surface area contributed by atoms with Crippen molar-refractivity contribution in [2.45, 2.75) is 105 Å². The van der Waals surface area contributed by atoms with Crippen LogP contribution in [0.25, 0.3) is 44.3 Å². The van der Waals surface area contributed by atoms with Gasteiger partial charge in [-0.1, -0.05) is 98.7 Å². The van der Waals surface area contributed by atoms with Gasteiger partial charge in [0, 0.05) is 40.2 Å². The van der Waals surface area contributed by atoms with Crippen molar-refractivity contribution in [3.63, 3.8) is 0 Å². The molecule has 5 nitrogen and oxygen atoms in total. The molecule has 7 rings (SSSR count). The number of hydrogen-bond acceptors (Lipinski definition) is 2. The minimum atomic E-state index is -0.175. The molecular formula is C46H53N4O+. The molecule has 0 atom stereocenters. The first-order valence-electron chi connectivity index (χ1n) is 18.2. The molecule has 0 bridgehead atoms. The Kier molecular flexibility index (Phi) is 8.01. The molecule has 0 fully saturated rings. The summed E-state index contributed by atoms with van der Waals surface area (Å²) in [5, 5.41) is 2.40. The molecule has 0 aliphatic heterocycles. The van der Waals surface area contributed by atoms with Crippen molar-refractivity contribution in [1.82, 2.24) is 14.1 Å². The highest BCUT2D eigenvalue weighted by Gasteiger charge is 2.29. The second-order valence-corrected chi connectivity index (χ2v) is 18.2. The fraction of sp³-hybridized carbons (Fsp3) is 0.348. The maximum absolute atomic E-state index is 7.26. The van der Waals surface area contributed by atoms with Gasteiger partial charge in [-0.3, -0.25) is 4.57 Å². The van der Waals surface area contributed by atoms with Crippen LogP contribution >= 0.6 is 0 Å². The number of imidazole rings is 1. The highest BCUT2D eigenvalue weighted by molar-refractivity contribution is 6.10. The Hall–Kier alpha value is -4.90. The molecule has 0 saturated heterocycles. The molecule has 0 spiro atoms. The van der Waals surface area contributed by atoms with Crippen LogP contribution in [-0.4, -0.2) is 14.1 Å². The van der Waals surface area contributed by atoms with E-state index >= 15 is 0 Å². The Labute approximate surface area is 303 Å². The average molecular weight is 678 g/mol. The van der Waals surface area contributed by atoms with Gasteiger partial charge in [-0.05, 0) is 85.0 Å². The van der Waals surface area contributed by atoms with E-state index < -0.39 is 0 Å². The van der Waals surface area contributed by atoms with E-state index in [4.69, 9.17) is 9.72 Å². The average Bonchev–Trinajstić information content (AvgIpc) is 3.59. The molecule has 3 heterocycles. The molecule has 0 saturated carbocycles. The van der Waals surface area contributed by atoms with Gasteiger partial charge in [0.25, 0.3) is 0 Å². The van der Waals surface area contributed by atoms with Crippen LogP contribution in [0.5, 0.6) is 11.5 Å². The molecule has 0 radical (unpaired) electrons. The smallest absolute Gasteiger partial charge is 0.250 e.